The fourth-order valence-electron chi connectivity index (χ4n) is 4.48. The predicted octanol–water partition coefficient (Wildman–Crippen LogP) is 3.34. The number of rotatable bonds is 3. The van der Waals surface area contributed by atoms with Gasteiger partial charge in [0.25, 0.3) is 11.5 Å². The number of benzene rings is 1. The number of fused-ring (bicyclic) bond motifs is 2. The molecule has 0 aliphatic heterocycles. The predicted molar refractivity (Wildman–Crippen MR) is 115 cm³/mol. The highest BCUT2D eigenvalue weighted by atomic mass is 16.2. The molecule has 2 N–H and O–H groups in total. The number of carbonyl (C=O) groups excluding carboxylic acids is 1. The summed E-state index contributed by atoms with van der Waals surface area (Å²) >= 11 is 0. The van der Waals surface area contributed by atoms with Crippen molar-refractivity contribution >= 4 is 22.3 Å². The van der Waals surface area contributed by atoms with E-state index < -0.39 is 0 Å². The molecule has 152 valence electrons. The zero-order valence-electron chi connectivity index (χ0n) is 16.8. The van der Waals surface area contributed by atoms with Gasteiger partial charge >= 0.3 is 0 Å². The minimum absolute atomic E-state index is 0.119. The molecule has 0 atom stereocenters. The molecule has 3 aromatic heterocycles. The fraction of sp³-hybridized carbons (Fsp3) is 0.304. The van der Waals surface area contributed by atoms with Crippen LogP contribution in [0.4, 0.5) is 0 Å². The number of amides is 1. The van der Waals surface area contributed by atoms with Crippen LogP contribution in [0.5, 0.6) is 0 Å². The van der Waals surface area contributed by atoms with E-state index in [0.717, 1.165) is 48.0 Å². The first-order valence-electron chi connectivity index (χ1n) is 10.3. The minimum Gasteiger partial charge on any atom is -0.348 e. The second-order valence-electron chi connectivity index (χ2n) is 8.05. The molecule has 1 aliphatic carbocycles. The van der Waals surface area contributed by atoms with Crippen LogP contribution in [-0.4, -0.2) is 31.5 Å². The van der Waals surface area contributed by atoms with Gasteiger partial charge in [0.15, 0.2) is 0 Å². The molecule has 1 fully saturated rings. The number of hydrogen-bond donors (Lipinski definition) is 2. The van der Waals surface area contributed by atoms with Crippen molar-refractivity contribution in [1.82, 2.24) is 24.9 Å². The van der Waals surface area contributed by atoms with E-state index in [-0.39, 0.29) is 23.4 Å². The number of carbonyl (C=O) groups is 1. The van der Waals surface area contributed by atoms with Gasteiger partial charge in [0, 0.05) is 29.7 Å². The van der Waals surface area contributed by atoms with Crippen LogP contribution in [0.1, 0.15) is 53.3 Å². The first-order valence-corrected chi connectivity index (χ1v) is 10.3. The van der Waals surface area contributed by atoms with Crippen LogP contribution in [0, 0.1) is 6.92 Å². The molecule has 30 heavy (non-hydrogen) atoms. The average molecular weight is 401 g/mol. The largest absolute Gasteiger partial charge is 0.348 e. The van der Waals surface area contributed by atoms with Crippen LogP contribution >= 0.6 is 0 Å². The van der Waals surface area contributed by atoms with E-state index in [1.807, 2.05) is 53.9 Å². The van der Waals surface area contributed by atoms with Crippen molar-refractivity contribution in [3.05, 3.63) is 76.1 Å². The molecule has 1 saturated carbocycles. The van der Waals surface area contributed by atoms with Crippen molar-refractivity contribution in [2.45, 2.75) is 44.6 Å². The second kappa shape index (κ2) is 7.40. The molecule has 4 aromatic rings. The van der Waals surface area contributed by atoms with Gasteiger partial charge in [-0.1, -0.05) is 24.3 Å². The maximum Gasteiger partial charge on any atom is 0.272 e. The Balaban J connectivity index is 1.28. The third-order valence-electron chi connectivity index (χ3n) is 6.09. The third kappa shape index (κ3) is 3.26. The molecule has 1 aromatic carbocycles. The molecule has 1 amide bonds. The summed E-state index contributed by atoms with van der Waals surface area (Å²) in [5, 5.41) is 11.7. The number of aromatic nitrogens is 4. The van der Waals surface area contributed by atoms with Gasteiger partial charge in [-0.2, -0.15) is 5.10 Å². The SMILES string of the molecule is Cc1cccn2cc(C(=O)NC3CCC(c4n[nH]c(=O)c5ccccc45)CC3)nc12. The zero-order chi connectivity index (χ0) is 20.7. The summed E-state index contributed by atoms with van der Waals surface area (Å²) in [6, 6.07) is 11.7. The molecule has 0 saturated heterocycles. The van der Waals surface area contributed by atoms with Crippen LogP contribution in [0.25, 0.3) is 16.4 Å². The molecule has 1 aliphatic rings. The van der Waals surface area contributed by atoms with E-state index in [9.17, 15) is 9.59 Å². The number of hydrogen-bond acceptors (Lipinski definition) is 4. The Bertz CT molecular complexity index is 1300. The summed E-state index contributed by atoms with van der Waals surface area (Å²) in [6.45, 7) is 1.99. The van der Waals surface area contributed by atoms with E-state index in [0.29, 0.717) is 11.1 Å². The van der Waals surface area contributed by atoms with Crippen molar-refractivity contribution < 1.29 is 4.79 Å². The number of nitrogens with one attached hydrogen (secondary N) is 2. The molecule has 7 nitrogen and oxygen atoms in total. The van der Waals surface area contributed by atoms with E-state index in [4.69, 9.17) is 0 Å². The first-order chi connectivity index (χ1) is 14.6. The van der Waals surface area contributed by atoms with E-state index in [2.05, 4.69) is 20.5 Å². The molecular formula is C23H23N5O2. The summed E-state index contributed by atoms with van der Waals surface area (Å²) < 4.78 is 1.88. The zero-order valence-corrected chi connectivity index (χ0v) is 16.8. The summed E-state index contributed by atoms with van der Waals surface area (Å²) in [7, 11) is 0. The molecule has 3 heterocycles. The summed E-state index contributed by atoms with van der Waals surface area (Å²) in [6.07, 6.45) is 7.25. The minimum atomic E-state index is -0.155. The first kappa shape index (κ1) is 18.5. The molecule has 5 rings (SSSR count). The Morgan fingerprint density at radius 2 is 1.87 bits per heavy atom. The lowest BCUT2D eigenvalue weighted by Gasteiger charge is -2.29. The van der Waals surface area contributed by atoms with Gasteiger partial charge in [0.05, 0.1) is 11.1 Å². The van der Waals surface area contributed by atoms with Crippen LogP contribution in [-0.2, 0) is 0 Å². The highest BCUT2D eigenvalue weighted by Gasteiger charge is 2.27. The van der Waals surface area contributed by atoms with Gasteiger partial charge in [-0.3, -0.25) is 9.59 Å². The number of H-pyrrole nitrogens is 1. The molecule has 7 heteroatoms. The molecule has 0 radical (unpaired) electrons. The Labute approximate surface area is 173 Å². The van der Waals surface area contributed by atoms with Crippen molar-refractivity contribution in [3.8, 4) is 0 Å². The van der Waals surface area contributed by atoms with Crippen molar-refractivity contribution in [2.24, 2.45) is 0 Å². The summed E-state index contributed by atoms with van der Waals surface area (Å²) in [5.74, 6) is 0.145. The highest BCUT2D eigenvalue weighted by molar-refractivity contribution is 5.93. The fourth-order valence-corrected chi connectivity index (χ4v) is 4.48. The Kier molecular flexibility index (Phi) is 4.58. The van der Waals surface area contributed by atoms with Gasteiger partial charge in [0.1, 0.15) is 11.3 Å². The summed E-state index contributed by atoms with van der Waals surface area (Å²) in [5.41, 5.74) is 3.09. The van der Waals surface area contributed by atoms with Crippen molar-refractivity contribution in [1.29, 1.82) is 0 Å². The average Bonchev–Trinajstić information content (AvgIpc) is 3.21. The standard InChI is InChI=1S/C23H23N5O2/c1-14-5-4-12-28-13-19(25-21(14)28)23(30)24-16-10-8-15(9-11-16)20-17-6-2-3-7-18(17)22(29)27-26-20/h2-7,12-13,15-16H,8-11H2,1H3,(H,24,30)(H,27,29). The number of nitrogens with zero attached hydrogens (tertiary/aromatic N) is 3. The lowest BCUT2D eigenvalue weighted by atomic mass is 9.82. The smallest absolute Gasteiger partial charge is 0.272 e. The highest BCUT2D eigenvalue weighted by Crippen LogP contribution is 2.34. The lowest BCUT2D eigenvalue weighted by Crippen LogP contribution is -2.37. The number of pyridine rings is 1. The van der Waals surface area contributed by atoms with Crippen LogP contribution < -0.4 is 10.9 Å². The molecular weight excluding hydrogens is 378 g/mol. The number of aromatic amines is 1. The molecule has 0 bridgehead atoms. The third-order valence-corrected chi connectivity index (χ3v) is 6.09. The van der Waals surface area contributed by atoms with Crippen molar-refractivity contribution in [2.75, 3.05) is 0 Å². The van der Waals surface area contributed by atoms with Gasteiger partial charge < -0.3 is 9.72 Å². The van der Waals surface area contributed by atoms with Crippen molar-refractivity contribution in [3.63, 3.8) is 0 Å². The van der Waals surface area contributed by atoms with Gasteiger partial charge in [-0.25, -0.2) is 10.1 Å². The molecule has 0 unspecified atom stereocenters. The van der Waals surface area contributed by atoms with Gasteiger partial charge in [-0.05, 0) is 50.3 Å². The van der Waals surface area contributed by atoms with E-state index in [1.54, 1.807) is 6.20 Å². The van der Waals surface area contributed by atoms with Crippen LogP contribution in [0.3, 0.4) is 0 Å². The Morgan fingerprint density at radius 3 is 2.63 bits per heavy atom. The monoisotopic (exact) mass is 401 g/mol. The maximum absolute atomic E-state index is 12.7. The van der Waals surface area contributed by atoms with Gasteiger partial charge in [-0.15, -0.1) is 0 Å². The van der Waals surface area contributed by atoms with E-state index in [1.165, 1.54) is 0 Å². The topological polar surface area (TPSA) is 92.1 Å². The lowest BCUT2D eigenvalue weighted by molar-refractivity contribution is 0.0921. The van der Waals surface area contributed by atoms with Crippen LogP contribution in [0.15, 0.2) is 53.6 Å². The Morgan fingerprint density at radius 1 is 1.10 bits per heavy atom. The second-order valence-corrected chi connectivity index (χ2v) is 8.05. The quantitative estimate of drug-likeness (QED) is 0.551. The molecule has 0 spiro atoms. The number of imidazole rings is 1. The van der Waals surface area contributed by atoms with Gasteiger partial charge in [0.2, 0.25) is 0 Å². The normalized spacial score (nSPS) is 19.2. The number of aryl methyl sites for hydroxylation is 1. The van der Waals surface area contributed by atoms with E-state index >= 15 is 0 Å². The Hall–Kier alpha value is -3.48. The van der Waals surface area contributed by atoms with Crippen LogP contribution in [0.2, 0.25) is 0 Å². The maximum atomic E-state index is 12.7. The summed E-state index contributed by atoms with van der Waals surface area (Å²) in [4.78, 5) is 29.2.